The van der Waals surface area contributed by atoms with Crippen molar-refractivity contribution in [2.45, 2.75) is 25.0 Å². The molecule has 0 bridgehead atoms. The van der Waals surface area contributed by atoms with Gasteiger partial charge in [0.1, 0.15) is 11.6 Å². The van der Waals surface area contributed by atoms with Crippen molar-refractivity contribution in [2.24, 2.45) is 5.73 Å². The molecule has 0 saturated carbocycles. The van der Waals surface area contributed by atoms with Gasteiger partial charge in [0.05, 0.1) is 6.04 Å². The van der Waals surface area contributed by atoms with E-state index in [1.807, 2.05) is 0 Å². The van der Waals surface area contributed by atoms with E-state index in [1.165, 1.54) is 21.7 Å². The average Bonchev–Trinajstić information content (AvgIpc) is 2.84. The summed E-state index contributed by atoms with van der Waals surface area (Å²) in [5.41, 5.74) is 5.42. The van der Waals surface area contributed by atoms with Crippen molar-refractivity contribution in [3.63, 3.8) is 0 Å². The maximum absolute atomic E-state index is 12.4. The van der Waals surface area contributed by atoms with Crippen molar-refractivity contribution >= 4 is 28.0 Å². The Morgan fingerprint density at radius 1 is 1.42 bits per heavy atom. The molecular formula is C13H15N4O6S+. The Morgan fingerprint density at radius 3 is 2.75 bits per heavy atom. The molecule has 10 nitrogen and oxygen atoms in total. The predicted molar refractivity (Wildman–Crippen MR) is 77.5 cm³/mol. The SMILES string of the molecule is NC(=O)c1ccc[n+](CC(=O)N2CC[C@@H]3[C@H]2C(=O)N3S(=O)(=O)O)c1. The maximum atomic E-state index is 12.4. The minimum atomic E-state index is -4.60. The molecule has 0 aliphatic carbocycles. The van der Waals surface area contributed by atoms with Crippen LogP contribution < -0.4 is 10.3 Å². The van der Waals surface area contributed by atoms with Crippen molar-refractivity contribution < 1.29 is 31.9 Å². The third kappa shape index (κ3) is 2.61. The first-order valence-corrected chi connectivity index (χ1v) is 8.49. The van der Waals surface area contributed by atoms with Crippen LogP contribution in [-0.4, -0.2) is 58.5 Å². The molecular weight excluding hydrogens is 340 g/mol. The number of β-lactam (4-membered cyclic amide) rings is 1. The van der Waals surface area contributed by atoms with Gasteiger partial charge in [0.25, 0.3) is 17.7 Å². The minimum absolute atomic E-state index is 0.122. The van der Waals surface area contributed by atoms with E-state index in [-0.39, 0.29) is 25.1 Å². The second kappa shape index (κ2) is 5.53. The smallest absolute Gasteiger partial charge is 0.362 e. The lowest BCUT2D eigenvalue weighted by Gasteiger charge is -2.42. The summed E-state index contributed by atoms with van der Waals surface area (Å²) in [7, 11) is -4.60. The molecule has 3 amide bonds. The van der Waals surface area contributed by atoms with Crippen molar-refractivity contribution in [3.8, 4) is 0 Å². The highest BCUT2D eigenvalue weighted by molar-refractivity contribution is 7.84. The molecule has 2 aliphatic rings. The fourth-order valence-electron chi connectivity index (χ4n) is 3.11. The lowest BCUT2D eigenvalue weighted by atomic mass is 10.0. The third-order valence-electron chi connectivity index (χ3n) is 4.17. The summed E-state index contributed by atoms with van der Waals surface area (Å²) < 4.78 is 33.2. The van der Waals surface area contributed by atoms with E-state index in [0.29, 0.717) is 4.31 Å². The summed E-state index contributed by atoms with van der Waals surface area (Å²) in [5.74, 6) is -1.84. The largest absolute Gasteiger partial charge is 0.365 e. The lowest BCUT2D eigenvalue weighted by molar-refractivity contribution is -0.685. The van der Waals surface area contributed by atoms with Crippen LogP contribution in [0.2, 0.25) is 0 Å². The van der Waals surface area contributed by atoms with Gasteiger partial charge >= 0.3 is 10.3 Å². The lowest BCUT2D eigenvalue weighted by Crippen LogP contribution is -2.68. The molecule has 1 aromatic heterocycles. The first kappa shape index (κ1) is 16.3. The van der Waals surface area contributed by atoms with Gasteiger partial charge in [0.2, 0.25) is 6.54 Å². The van der Waals surface area contributed by atoms with Crippen LogP contribution in [0.25, 0.3) is 0 Å². The number of aromatic nitrogens is 1. The molecule has 2 aliphatic heterocycles. The highest BCUT2D eigenvalue weighted by Gasteiger charge is 2.60. The van der Waals surface area contributed by atoms with Crippen LogP contribution in [0.5, 0.6) is 0 Å². The van der Waals surface area contributed by atoms with Gasteiger partial charge in [-0.15, -0.1) is 0 Å². The van der Waals surface area contributed by atoms with Crippen LogP contribution in [0.3, 0.4) is 0 Å². The second-order valence-electron chi connectivity index (χ2n) is 5.63. The zero-order chi connectivity index (χ0) is 17.6. The highest BCUT2D eigenvalue weighted by Crippen LogP contribution is 2.35. The average molecular weight is 355 g/mol. The van der Waals surface area contributed by atoms with Gasteiger partial charge in [-0.3, -0.25) is 18.9 Å². The molecule has 0 unspecified atom stereocenters. The molecule has 1 aromatic rings. The van der Waals surface area contributed by atoms with Crippen LogP contribution in [0, 0.1) is 0 Å². The molecule has 3 heterocycles. The summed E-state index contributed by atoms with van der Waals surface area (Å²) in [5, 5.41) is 0. The van der Waals surface area contributed by atoms with Crippen molar-refractivity contribution in [1.29, 1.82) is 0 Å². The molecule has 3 rings (SSSR count). The van der Waals surface area contributed by atoms with Gasteiger partial charge in [0, 0.05) is 12.6 Å². The van der Waals surface area contributed by atoms with E-state index in [9.17, 15) is 22.8 Å². The molecule has 11 heteroatoms. The number of hydrogen-bond acceptors (Lipinski definition) is 5. The molecule has 128 valence electrons. The minimum Gasteiger partial charge on any atom is -0.365 e. The number of pyridine rings is 1. The van der Waals surface area contributed by atoms with E-state index in [1.54, 1.807) is 12.3 Å². The van der Waals surface area contributed by atoms with Gasteiger partial charge in [-0.1, -0.05) is 0 Å². The molecule has 2 atom stereocenters. The number of primary amides is 1. The van der Waals surface area contributed by atoms with Crippen LogP contribution in [0.1, 0.15) is 16.8 Å². The Balaban J connectivity index is 1.73. The number of hydrogen-bond donors (Lipinski definition) is 2. The number of carbonyl (C=O) groups excluding carboxylic acids is 3. The summed E-state index contributed by atoms with van der Waals surface area (Å²) in [6, 6.07) is 1.47. The number of likely N-dealkylation sites (tertiary alicyclic amines) is 1. The van der Waals surface area contributed by atoms with Gasteiger partial charge in [-0.05, 0) is 12.5 Å². The summed E-state index contributed by atoms with van der Waals surface area (Å²) >= 11 is 0. The van der Waals surface area contributed by atoms with Crippen LogP contribution in [0.15, 0.2) is 24.5 Å². The van der Waals surface area contributed by atoms with Gasteiger partial charge in [0.15, 0.2) is 12.4 Å². The number of carbonyl (C=O) groups is 3. The van der Waals surface area contributed by atoms with Crippen LogP contribution in [-0.2, 0) is 26.4 Å². The summed E-state index contributed by atoms with van der Waals surface area (Å²) in [4.78, 5) is 36.8. The zero-order valence-electron chi connectivity index (χ0n) is 12.4. The Morgan fingerprint density at radius 2 is 2.12 bits per heavy atom. The predicted octanol–water partition coefficient (Wildman–Crippen LogP) is -2.31. The standard InChI is InChI=1S/C13H14N4O6S/c14-12(19)8-2-1-4-15(6-8)7-10(18)16-5-3-9-11(16)13(20)17(9)24(21,22)23/h1-2,4,6,9,11H,3,5,7H2,(H2-,14,19,21,22,23)/p+1/t9-,11+/m1/s1. The van der Waals surface area contributed by atoms with Gasteiger partial charge in [-0.25, -0.2) is 4.31 Å². The maximum Gasteiger partial charge on any atom is 0.362 e. The Bertz CT molecular complexity index is 839. The Kier molecular flexibility index (Phi) is 3.76. The molecule has 2 saturated heterocycles. The van der Waals surface area contributed by atoms with Crippen LogP contribution >= 0.6 is 0 Å². The van der Waals surface area contributed by atoms with Crippen molar-refractivity contribution in [1.82, 2.24) is 9.21 Å². The van der Waals surface area contributed by atoms with E-state index in [2.05, 4.69) is 0 Å². The number of rotatable bonds is 4. The molecule has 2 fully saturated rings. The fraction of sp³-hybridized carbons (Fsp3) is 0.385. The Labute approximate surface area is 137 Å². The summed E-state index contributed by atoms with van der Waals surface area (Å²) in [6.07, 6.45) is 3.26. The van der Waals surface area contributed by atoms with E-state index in [4.69, 9.17) is 10.3 Å². The number of amides is 3. The molecule has 24 heavy (non-hydrogen) atoms. The second-order valence-corrected chi connectivity index (χ2v) is 6.92. The Hall–Kier alpha value is -2.53. The third-order valence-corrected chi connectivity index (χ3v) is 5.11. The zero-order valence-corrected chi connectivity index (χ0v) is 13.2. The highest BCUT2D eigenvalue weighted by atomic mass is 32.2. The first-order valence-electron chi connectivity index (χ1n) is 7.09. The monoisotopic (exact) mass is 355 g/mol. The topological polar surface area (TPSA) is 142 Å². The number of nitrogens with zero attached hydrogens (tertiary/aromatic N) is 3. The van der Waals surface area contributed by atoms with Crippen molar-refractivity contribution in [2.75, 3.05) is 6.54 Å². The summed E-state index contributed by atoms with van der Waals surface area (Å²) in [6.45, 7) is 0.0888. The molecule has 0 spiro atoms. The van der Waals surface area contributed by atoms with E-state index in [0.717, 1.165) is 0 Å². The number of fused-ring (bicyclic) bond motifs is 1. The van der Waals surface area contributed by atoms with Gasteiger partial charge < -0.3 is 10.6 Å². The number of nitrogens with two attached hydrogens (primary N) is 1. The van der Waals surface area contributed by atoms with Crippen LogP contribution in [0.4, 0.5) is 0 Å². The quantitative estimate of drug-likeness (QED) is 0.353. The first-order chi connectivity index (χ1) is 11.2. The molecule has 0 radical (unpaired) electrons. The molecule has 0 aromatic carbocycles. The van der Waals surface area contributed by atoms with Crippen molar-refractivity contribution in [3.05, 3.63) is 30.1 Å². The fourth-order valence-corrected chi connectivity index (χ4v) is 4.01. The molecule has 3 N–H and O–H groups in total. The normalized spacial score (nSPS) is 23.0. The van der Waals surface area contributed by atoms with Gasteiger partial charge in [-0.2, -0.15) is 13.0 Å². The van der Waals surface area contributed by atoms with E-state index < -0.39 is 40.1 Å². The van der Waals surface area contributed by atoms with E-state index >= 15 is 0 Å².